The molecule has 2 aromatic rings. The minimum absolute atomic E-state index is 0.219. The number of nitrogens with zero attached hydrogens (tertiary/aromatic N) is 1. The van der Waals surface area contributed by atoms with Gasteiger partial charge in [-0.15, -0.1) is 0 Å². The Morgan fingerprint density at radius 3 is 2.60 bits per heavy atom. The monoisotopic (exact) mass is 289 g/mol. The zero-order valence-corrected chi connectivity index (χ0v) is 12.1. The molecule has 1 heterocycles. The summed E-state index contributed by atoms with van der Waals surface area (Å²) in [6.07, 6.45) is 0. The smallest absolute Gasteiger partial charge is 0.258 e. The zero-order valence-electron chi connectivity index (χ0n) is 11.4. The fourth-order valence-corrected chi connectivity index (χ4v) is 1.94. The molecule has 0 atom stereocenters. The Morgan fingerprint density at radius 2 is 1.90 bits per heavy atom. The van der Waals surface area contributed by atoms with Gasteiger partial charge in [0.25, 0.3) is 5.91 Å². The highest BCUT2D eigenvalue weighted by molar-refractivity contribution is 6.29. The van der Waals surface area contributed by atoms with Crippen molar-refractivity contribution in [1.82, 2.24) is 4.98 Å². The van der Waals surface area contributed by atoms with Gasteiger partial charge in [0, 0.05) is 11.7 Å². The first-order chi connectivity index (χ1) is 9.56. The maximum atomic E-state index is 12.3. The molecule has 5 heteroatoms. The maximum Gasteiger partial charge on any atom is 0.258 e. The molecule has 0 aliphatic heterocycles. The molecule has 0 spiro atoms. The first kappa shape index (κ1) is 14.3. The van der Waals surface area contributed by atoms with E-state index in [1.54, 1.807) is 24.3 Å². The van der Waals surface area contributed by atoms with Crippen LogP contribution in [-0.4, -0.2) is 16.9 Å². The summed E-state index contributed by atoms with van der Waals surface area (Å²) in [6.45, 7) is 4.04. The molecule has 0 fully saturated rings. The Hall–Kier alpha value is -2.07. The molecule has 0 aliphatic carbocycles. The normalized spacial score (nSPS) is 10.4. The van der Waals surface area contributed by atoms with Crippen molar-refractivity contribution >= 4 is 29.0 Å². The predicted molar refractivity (Wildman–Crippen MR) is 82.4 cm³/mol. The van der Waals surface area contributed by atoms with Crippen molar-refractivity contribution in [3.05, 3.63) is 53.2 Å². The number of rotatable bonds is 4. The number of pyridine rings is 1. The number of benzene rings is 1. The van der Waals surface area contributed by atoms with Gasteiger partial charge in [0.2, 0.25) is 0 Å². The number of hydrogen-bond donors (Lipinski definition) is 2. The standard InChI is InChI=1S/C15H16ClN3O/c1-10(2)17-12-7-4-3-6-11(12)15(20)19-14-9-5-8-13(16)18-14/h3-10,17H,1-2H3,(H,18,19,20). The number of nitrogens with one attached hydrogen (secondary N) is 2. The van der Waals surface area contributed by atoms with Crippen LogP contribution in [0, 0.1) is 0 Å². The Labute approximate surface area is 123 Å². The number of halogens is 1. The van der Waals surface area contributed by atoms with Crippen molar-refractivity contribution in [1.29, 1.82) is 0 Å². The van der Waals surface area contributed by atoms with Crippen LogP contribution in [0.1, 0.15) is 24.2 Å². The number of para-hydroxylation sites is 1. The second kappa shape index (κ2) is 6.39. The van der Waals surface area contributed by atoms with E-state index < -0.39 is 0 Å². The van der Waals surface area contributed by atoms with E-state index in [1.807, 2.05) is 32.0 Å². The summed E-state index contributed by atoms with van der Waals surface area (Å²) in [5.41, 5.74) is 1.37. The third-order valence-electron chi connectivity index (χ3n) is 2.57. The summed E-state index contributed by atoms with van der Waals surface area (Å²) in [5, 5.41) is 6.33. The second-order valence-corrected chi connectivity index (χ2v) is 5.03. The summed E-state index contributed by atoms with van der Waals surface area (Å²) in [7, 11) is 0. The number of amides is 1. The van der Waals surface area contributed by atoms with E-state index in [-0.39, 0.29) is 11.9 Å². The minimum Gasteiger partial charge on any atom is -0.382 e. The zero-order chi connectivity index (χ0) is 14.5. The van der Waals surface area contributed by atoms with Gasteiger partial charge in [-0.05, 0) is 38.1 Å². The molecule has 1 amide bonds. The molecule has 0 bridgehead atoms. The third-order valence-corrected chi connectivity index (χ3v) is 2.78. The molecule has 4 nitrogen and oxygen atoms in total. The van der Waals surface area contributed by atoms with Crippen molar-refractivity contribution in [3.63, 3.8) is 0 Å². The van der Waals surface area contributed by atoms with E-state index in [0.717, 1.165) is 5.69 Å². The van der Waals surface area contributed by atoms with Crippen molar-refractivity contribution in [3.8, 4) is 0 Å². The van der Waals surface area contributed by atoms with Crippen molar-refractivity contribution in [2.75, 3.05) is 10.6 Å². The van der Waals surface area contributed by atoms with Gasteiger partial charge < -0.3 is 10.6 Å². The number of anilines is 2. The molecule has 1 aromatic carbocycles. The van der Waals surface area contributed by atoms with E-state index in [4.69, 9.17) is 11.6 Å². The number of hydrogen-bond acceptors (Lipinski definition) is 3. The van der Waals surface area contributed by atoms with Gasteiger partial charge in [-0.1, -0.05) is 29.8 Å². The molecule has 0 unspecified atom stereocenters. The molecule has 1 aromatic heterocycles. The molecular weight excluding hydrogens is 274 g/mol. The van der Waals surface area contributed by atoms with Crippen molar-refractivity contribution in [2.45, 2.75) is 19.9 Å². The number of aromatic nitrogens is 1. The van der Waals surface area contributed by atoms with Crippen LogP contribution in [0.15, 0.2) is 42.5 Å². The lowest BCUT2D eigenvalue weighted by molar-refractivity contribution is 0.102. The van der Waals surface area contributed by atoms with E-state index in [2.05, 4.69) is 15.6 Å². The second-order valence-electron chi connectivity index (χ2n) is 4.64. The van der Waals surface area contributed by atoms with Gasteiger partial charge >= 0.3 is 0 Å². The summed E-state index contributed by atoms with van der Waals surface area (Å²) in [5.74, 6) is 0.213. The quantitative estimate of drug-likeness (QED) is 0.842. The molecule has 0 saturated carbocycles. The Kier molecular flexibility index (Phi) is 4.58. The van der Waals surface area contributed by atoms with Gasteiger partial charge in [-0.2, -0.15) is 0 Å². The van der Waals surface area contributed by atoms with Gasteiger partial charge in [-0.3, -0.25) is 4.79 Å². The Balaban J connectivity index is 2.21. The molecule has 2 rings (SSSR count). The maximum absolute atomic E-state index is 12.3. The van der Waals surface area contributed by atoms with E-state index in [1.165, 1.54) is 0 Å². The summed E-state index contributed by atoms with van der Waals surface area (Å²) >= 11 is 5.80. The molecule has 0 aliphatic rings. The summed E-state index contributed by atoms with van der Waals surface area (Å²) < 4.78 is 0. The Morgan fingerprint density at radius 1 is 1.15 bits per heavy atom. The fourth-order valence-electron chi connectivity index (χ4n) is 1.78. The molecule has 2 N–H and O–H groups in total. The Bertz CT molecular complexity index is 614. The summed E-state index contributed by atoms with van der Waals surface area (Å²) in [4.78, 5) is 16.3. The molecule has 0 radical (unpaired) electrons. The van der Waals surface area contributed by atoms with Crippen LogP contribution in [0.5, 0.6) is 0 Å². The highest BCUT2D eigenvalue weighted by Crippen LogP contribution is 2.18. The minimum atomic E-state index is -0.219. The molecule has 20 heavy (non-hydrogen) atoms. The highest BCUT2D eigenvalue weighted by atomic mass is 35.5. The fraction of sp³-hybridized carbons (Fsp3) is 0.200. The van der Waals surface area contributed by atoms with Crippen LogP contribution in [-0.2, 0) is 0 Å². The lowest BCUT2D eigenvalue weighted by Gasteiger charge is -2.14. The lowest BCUT2D eigenvalue weighted by Crippen LogP contribution is -2.18. The van der Waals surface area contributed by atoms with Gasteiger partial charge in [0.05, 0.1) is 5.56 Å². The highest BCUT2D eigenvalue weighted by Gasteiger charge is 2.12. The van der Waals surface area contributed by atoms with Crippen LogP contribution in [0.2, 0.25) is 5.15 Å². The molecule has 104 valence electrons. The van der Waals surface area contributed by atoms with E-state index >= 15 is 0 Å². The van der Waals surface area contributed by atoms with E-state index in [9.17, 15) is 4.79 Å². The van der Waals surface area contributed by atoms with Crippen LogP contribution < -0.4 is 10.6 Å². The van der Waals surface area contributed by atoms with Crippen molar-refractivity contribution < 1.29 is 4.79 Å². The van der Waals surface area contributed by atoms with Crippen LogP contribution in [0.3, 0.4) is 0 Å². The van der Waals surface area contributed by atoms with Crippen LogP contribution >= 0.6 is 11.6 Å². The van der Waals surface area contributed by atoms with Crippen LogP contribution in [0.4, 0.5) is 11.5 Å². The van der Waals surface area contributed by atoms with Gasteiger partial charge in [0.15, 0.2) is 0 Å². The van der Waals surface area contributed by atoms with Gasteiger partial charge in [-0.25, -0.2) is 4.98 Å². The number of carbonyl (C=O) groups excluding carboxylic acids is 1. The lowest BCUT2D eigenvalue weighted by atomic mass is 10.1. The first-order valence-corrected chi connectivity index (χ1v) is 6.73. The largest absolute Gasteiger partial charge is 0.382 e. The number of carbonyl (C=O) groups is 1. The summed E-state index contributed by atoms with van der Waals surface area (Å²) in [6, 6.07) is 12.7. The molecule has 0 saturated heterocycles. The molecular formula is C15H16ClN3O. The van der Waals surface area contributed by atoms with E-state index in [0.29, 0.717) is 16.5 Å². The SMILES string of the molecule is CC(C)Nc1ccccc1C(=O)Nc1cccc(Cl)n1. The van der Waals surface area contributed by atoms with Crippen LogP contribution in [0.25, 0.3) is 0 Å². The topological polar surface area (TPSA) is 54.0 Å². The average molecular weight is 290 g/mol. The van der Waals surface area contributed by atoms with Gasteiger partial charge in [0.1, 0.15) is 11.0 Å². The predicted octanol–water partition coefficient (Wildman–Crippen LogP) is 3.81. The first-order valence-electron chi connectivity index (χ1n) is 6.36. The third kappa shape index (κ3) is 3.71. The average Bonchev–Trinajstić information content (AvgIpc) is 2.38. The van der Waals surface area contributed by atoms with Crippen molar-refractivity contribution in [2.24, 2.45) is 0 Å².